The number of rotatable bonds is 3. The second-order valence-corrected chi connectivity index (χ2v) is 4.56. The largest absolute Gasteiger partial charge is 0.292 e. The van der Waals surface area contributed by atoms with Gasteiger partial charge in [-0.1, -0.05) is 6.92 Å². The standard InChI is InChI=1S/C12H16N8/c1-4-8-6(2)19-20(7(8)3)11-9-5-14-18-10(9)15-12(16-11)17-13/h5H,4,13H2,1-3H3,(H2,14,15,16,17,18). The molecule has 0 radical (unpaired) electrons. The zero-order valence-corrected chi connectivity index (χ0v) is 11.6. The molecule has 0 bridgehead atoms. The average molecular weight is 272 g/mol. The highest BCUT2D eigenvalue weighted by molar-refractivity contribution is 5.82. The van der Waals surface area contributed by atoms with Gasteiger partial charge in [0.05, 0.1) is 17.3 Å². The molecule has 3 rings (SSSR count). The Bertz CT molecular complexity index is 769. The number of aromatic nitrogens is 6. The van der Waals surface area contributed by atoms with Crippen molar-refractivity contribution in [2.45, 2.75) is 27.2 Å². The topological polar surface area (TPSA) is 110 Å². The normalized spacial score (nSPS) is 11.2. The first-order chi connectivity index (χ1) is 9.65. The lowest BCUT2D eigenvalue weighted by Gasteiger charge is -2.07. The molecule has 0 fully saturated rings. The van der Waals surface area contributed by atoms with Gasteiger partial charge in [-0.15, -0.1) is 0 Å². The fourth-order valence-electron chi connectivity index (χ4n) is 2.44. The monoisotopic (exact) mass is 272 g/mol. The van der Waals surface area contributed by atoms with Crippen LogP contribution in [0.2, 0.25) is 0 Å². The van der Waals surface area contributed by atoms with Gasteiger partial charge >= 0.3 is 0 Å². The molecule has 0 saturated heterocycles. The van der Waals surface area contributed by atoms with Crippen LogP contribution in [-0.2, 0) is 6.42 Å². The molecule has 0 saturated carbocycles. The summed E-state index contributed by atoms with van der Waals surface area (Å²) in [6, 6.07) is 0. The quantitative estimate of drug-likeness (QED) is 0.484. The molecule has 0 amide bonds. The molecule has 20 heavy (non-hydrogen) atoms. The Balaban J connectivity index is 2.31. The zero-order chi connectivity index (χ0) is 14.3. The third kappa shape index (κ3) is 1.73. The summed E-state index contributed by atoms with van der Waals surface area (Å²) in [6.45, 7) is 6.14. The summed E-state index contributed by atoms with van der Waals surface area (Å²) < 4.78 is 1.81. The number of nitrogens with two attached hydrogens (primary N) is 1. The number of nitrogen functional groups attached to an aromatic ring is 1. The molecule has 0 atom stereocenters. The number of hydrazine groups is 1. The van der Waals surface area contributed by atoms with Crippen molar-refractivity contribution >= 4 is 17.0 Å². The lowest BCUT2D eigenvalue weighted by atomic mass is 10.1. The van der Waals surface area contributed by atoms with Crippen molar-refractivity contribution in [1.29, 1.82) is 0 Å². The molecular weight excluding hydrogens is 256 g/mol. The van der Waals surface area contributed by atoms with E-state index in [9.17, 15) is 0 Å². The van der Waals surface area contributed by atoms with Crippen molar-refractivity contribution in [3.8, 4) is 5.82 Å². The van der Waals surface area contributed by atoms with E-state index in [0.717, 1.165) is 23.2 Å². The molecule has 0 aliphatic rings. The minimum Gasteiger partial charge on any atom is -0.292 e. The van der Waals surface area contributed by atoms with Crippen molar-refractivity contribution in [3.05, 3.63) is 23.1 Å². The van der Waals surface area contributed by atoms with Crippen LogP contribution in [0.5, 0.6) is 0 Å². The first kappa shape index (κ1) is 12.5. The highest BCUT2D eigenvalue weighted by Gasteiger charge is 2.16. The van der Waals surface area contributed by atoms with Crippen LogP contribution in [0.1, 0.15) is 23.9 Å². The van der Waals surface area contributed by atoms with Gasteiger partial charge in [-0.25, -0.2) is 10.5 Å². The molecule has 3 aromatic heterocycles. The highest BCUT2D eigenvalue weighted by Crippen LogP contribution is 2.23. The molecule has 4 N–H and O–H groups in total. The van der Waals surface area contributed by atoms with Crippen molar-refractivity contribution in [3.63, 3.8) is 0 Å². The minimum atomic E-state index is 0.322. The van der Waals surface area contributed by atoms with Gasteiger partial charge in [0.2, 0.25) is 5.95 Å². The summed E-state index contributed by atoms with van der Waals surface area (Å²) in [5, 5.41) is 12.2. The smallest absolute Gasteiger partial charge is 0.241 e. The van der Waals surface area contributed by atoms with Gasteiger partial charge < -0.3 is 0 Å². The van der Waals surface area contributed by atoms with E-state index in [1.54, 1.807) is 6.20 Å². The van der Waals surface area contributed by atoms with Crippen LogP contribution in [0.15, 0.2) is 6.20 Å². The summed E-state index contributed by atoms with van der Waals surface area (Å²) in [5.74, 6) is 6.40. The lowest BCUT2D eigenvalue weighted by Crippen LogP contribution is -2.13. The Morgan fingerprint density at radius 3 is 2.80 bits per heavy atom. The van der Waals surface area contributed by atoms with E-state index >= 15 is 0 Å². The molecule has 104 valence electrons. The Kier molecular flexibility index (Phi) is 2.87. The molecule has 0 unspecified atom stereocenters. The Labute approximate surface area is 115 Å². The molecule has 8 heteroatoms. The third-order valence-corrected chi connectivity index (χ3v) is 3.41. The molecule has 0 aliphatic heterocycles. The van der Waals surface area contributed by atoms with E-state index in [1.807, 2.05) is 18.5 Å². The Hall–Kier alpha value is -2.48. The molecule has 8 nitrogen and oxygen atoms in total. The van der Waals surface area contributed by atoms with Gasteiger partial charge in [-0.2, -0.15) is 20.2 Å². The number of nitrogens with one attached hydrogen (secondary N) is 2. The maximum Gasteiger partial charge on any atom is 0.241 e. The second kappa shape index (κ2) is 4.57. The number of aromatic amines is 1. The van der Waals surface area contributed by atoms with Crippen molar-refractivity contribution in [2.24, 2.45) is 5.84 Å². The van der Waals surface area contributed by atoms with E-state index < -0.39 is 0 Å². The van der Waals surface area contributed by atoms with Crippen LogP contribution in [0.3, 0.4) is 0 Å². The van der Waals surface area contributed by atoms with Crippen molar-refractivity contribution < 1.29 is 0 Å². The lowest BCUT2D eigenvalue weighted by molar-refractivity contribution is 0.809. The molecular formula is C12H16N8. The van der Waals surface area contributed by atoms with Crippen LogP contribution in [-0.4, -0.2) is 29.9 Å². The number of H-pyrrole nitrogens is 1. The second-order valence-electron chi connectivity index (χ2n) is 4.56. The Morgan fingerprint density at radius 1 is 1.35 bits per heavy atom. The van der Waals surface area contributed by atoms with Gasteiger partial charge in [-0.05, 0) is 25.8 Å². The third-order valence-electron chi connectivity index (χ3n) is 3.41. The summed E-state index contributed by atoms with van der Waals surface area (Å²) in [7, 11) is 0. The fraction of sp³-hybridized carbons (Fsp3) is 0.333. The van der Waals surface area contributed by atoms with E-state index in [2.05, 4.69) is 37.6 Å². The maximum atomic E-state index is 5.42. The van der Waals surface area contributed by atoms with Crippen LogP contribution >= 0.6 is 0 Å². The van der Waals surface area contributed by atoms with Crippen LogP contribution < -0.4 is 11.3 Å². The van der Waals surface area contributed by atoms with Gasteiger partial charge in [-0.3, -0.25) is 10.5 Å². The SMILES string of the molecule is CCc1c(C)nn(-c2nc(NN)nc3[nH]ncc23)c1C. The number of hydrogen-bond acceptors (Lipinski definition) is 6. The maximum absolute atomic E-state index is 5.42. The van der Waals surface area contributed by atoms with Crippen LogP contribution in [0, 0.1) is 13.8 Å². The summed E-state index contributed by atoms with van der Waals surface area (Å²) in [5.41, 5.74) is 6.37. The molecule has 0 aliphatic carbocycles. The first-order valence-electron chi connectivity index (χ1n) is 6.39. The van der Waals surface area contributed by atoms with E-state index in [1.165, 1.54) is 5.56 Å². The number of nitrogens with zero attached hydrogens (tertiary/aromatic N) is 5. The van der Waals surface area contributed by atoms with Crippen molar-refractivity contribution in [1.82, 2.24) is 29.9 Å². The number of hydrogen-bond donors (Lipinski definition) is 3. The molecule has 3 aromatic rings. The highest BCUT2D eigenvalue weighted by atomic mass is 15.4. The van der Waals surface area contributed by atoms with Gasteiger partial charge in [0.15, 0.2) is 11.5 Å². The summed E-state index contributed by atoms with van der Waals surface area (Å²) in [6.07, 6.45) is 2.62. The summed E-state index contributed by atoms with van der Waals surface area (Å²) >= 11 is 0. The minimum absolute atomic E-state index is 0.322. The average Bonchev–Trinajstić information content (AvgIpc) is 3.02. The van der Waals surface area contributed by atoms with E-state index in [-0.39, 0.29) is 0 Å². The molecule has 0 aromatic carbocycles. The van der Waals surface area contributed by atoms with Gasteiger partial charge in [0.25, 0.3) is 0 Å². The van der Waals surface area contributed by atoms with E-state index in [0.29, 0.717) is 17.4 Å². The predicted molar refractivity (Wildman–Crippen MR) is 75.5 cm³/mol. The van der Waals surface area contributed by atoms with Crippen molar-refractivity contribution in [2.75, 3.05) is 5.43 Å². The number of aryl methyl sites for hydroxylation is 1. The van der Waals surface area contributed by atoms with Gasteiger partial charge in [0, 0.05) is 5.69 Å². The zero-order valence-electron chi connectivity index (χ0n) is 11.6. The molecule has 3 heterocycles. The summed E-state index contributed by atoms with van der Waals surface area (Å²) in [4.78, 5) is 8.62. The first-order valence-corrected chi connectivity index (χ1v) is 6.39. The molecule has 0 spiro atoms. The predicted octanol–water partition coefficient (Wildman–Crippen LogP) is 1.00. The number of fused-ring (bicyclic) bond motifs is 1. The van der Waals surface area contributed by atoms with Gasteiger partial charge in [0.1, 0.15) is 0 Å². The number of anilines is 1. The Morgan fingerprint density at radius 2 is 2.15 bits per heavy atom. The fourth-order valence-corrected chi connectivity index (χ4v) is 2.44. The van der Waals surface area contributed by atoms with Crippen LogP contribution in [0.25, 0.3) is 16.9 Å². The van der Waals surface area contributed by atoms with Crippen LogP contribution in [0.4, 0.5) is 5.95 Å². The van der Waals surface area contributed by atoms with E-state index in [4.69, 9.17) is 5.84 Å².